The smallest absolute Gasteiger partial charge is 0.251 e. The third-order valence-corrected chi connectivity index (χ3v) is 3.24. The SMILES string of the molecule is CC1(C)C(=O)NC(=O)CN1c1ccccc1CO. The van der Waals surface area contributed by atoms with Gasteiger partial charge in [0.25, 0.3) is 5.91 Å². The first-order valence-corrected chi connectivity index (χ1v) is 5.77. The van der Waals surface area contributed by atoms with E-state index < -0.39 is 5.54 Å². The summed E-state index contributed by atoms with van der Waals surface area (Å²) in [5.74, 6) is -0.654. The molecule has 0 spiro atoms. The molecule has 0 aromatic heterocycles. The number of aliphatic hydroxyl groups is 1. The second kappa shape index (κ2) is 4.42. The lowest BCUT2D eigenvalue weighted by atomic mass is 9.96. The van der Waals surface area contributed by atoms with Crippen LogP contribution in [-0.2, 0) is 16.2 Å². The predicted molar refractivity (Wildman–Crippen MR) is 66.9 cm³/mol. The summed E-state index contributed by atoms with van der Waals surface area (Å²) in [6, 6.07) is 7.22. The molecule has 18 heavy (non-hydrogen) atoms. The van der Waals surface area contributed by atoms with Gasteiger partial charge in [-0.05, 0) is 19.9 Å². The number of nitrogens with zero attached hydrogens (tertiary/aromatic N) is 1. The van der Waals surface area contributed by atoms with Crippen molar-refractivity contribution in [3.8, 4) is 0 Å². The molecule has 2 N–H and O–H groups in total. The van der Waals surface area contributed by atoms with Crippen LogP contribution in [0.2, 0.25) is 0 Å². The van der Waals surface area contributed by atoms with Crippen LogP contribution in [0.3, 0.4) is 0 Å². The van der Waals surface area contributed by atoms with Crippen LogP contribution in [-0.4, -0.2) is 29.0 Å². The van der Waals surface area contributed by atoms with Gasteiger partial charge in [0.05, 0.1) is 13.2 Å². The van der Waals surface area contributed by atoms with Gasteiger partial charge in [0, 0.05) is 11.3 Å². The zero-order chi connectivity index (χ0) is 13.3. The minimum absolute atomic E-state index is 0.107. The molecule has 1 fully saturated rings. The number of carbonyl (C=O) groups excluding carboxylic acids is 2. The van der Waals surface area contributed by atoms with Crippen LogP contribution in [0.15, 0.2) is 24.3 Å². The fourth-order valence-corrected chi connectivity index (χ4v) is 2.08. The number of para-hydroxylation sites is 1. The average molecular weight is 248 g/mol. The molecule has 2 rings (SSSR count). The number of imide groups is 1. The third kappa shape index (κ3) is 1.97. The molecule has 1 heterocycles. The van der Waals surface area contributed by atoms with E-state index in [9.17, 15) is 14.7 Å². The zero-order valence-corrected chi connectivity index (χ0v) is 10.4. The van der Waals surface area contributed by atoms with Crippen molar-refractivity contribution >= 4 is 17.5 Å². The molecule has 96 valence electrons. The Balaban J connectivity index is 2.47. The Hall–Kier alpha value is -1.88. The molecule has 1 aliphatic rings. The molecule has 1 aromatic carbocycles. The molecule has 5 heteroatoms. The number of piperazine rings is 1. The van der Waals surface area contributed by atoms with Gasteiger partial charge in [0.15, 0.2) is 0 Å². The summed E-state index contributed by atoms with van der Waals surface area (Å²) < 4.78 is 0. The lowest BCUT2D eigenvalue weighted by Crippen LogP contribution is -2.64. The topological polar surface area (TPSA) is 69.6 Å². The first kappa shape index (κ1) is 12.6. The standard InChI is InChI=1S/C13H16N2O3/c1-13(2)12(18)14-11(17)7-15(13)10-6-4-3-5-9(10)8-16/h3-6,16H,7-8H2,1-2H3,(H,14,17,18). The van der Waals surface area contributed by atoms with Crippen molar-refractivity contribution in [2.24, 2.45) is 0 Å². The monoisotopic (exact) mass is 248 g/mol. The average Bonchev–Trinajstić information content (AvgIpc) is 2.34. The van der Waals surface area contributed by atoms with Gasteiger partial charge in [-0.2, -0.15) is 0 Å². The largest absolute Gasteiger partial charge is 0.392 e. The summed E-state index contributed by atoms with van der Waals surface area (Å²) in [4.78, 5) is 25.1. The Morgan fingerprint density at radius 1 is 1.33 bits per heavy atom. The van der Waals surface area contributed by atoms with Crippen molar-refractivity contribution in [1.29, 1.82) is 0 Å². The second-order valence-corrected chi connectivity index (χ2v) is 4.81. The number of amides is 2. The molecule has 0 unspecified atom stereocenters. The van der Waals surface area contributed by atoms with E-state index in [0.29, 0.717) is 11.3 Å². The first-order valence-electron chi connectivity index (χ1n) is 5.77. The molecule has 0 radical (unpaired) electrons. The summed E-state index contributed by atoms with van der Waals surface area (Å²) in [5, 5.41) is 11.7. The summed E-state index contributed by atoms with van der Waals surface area (Å²) in [5.41, 5.74) is 0.598. The molecule has 1 aromatic rings. The molecule has 0 aliphatic carbocycles. The zero-order valence-electron chi connectivity index (χ0n) is 10.4. The van der Waals surface area contributed by atoms with Gasteiger partial charge in [-0.15, -0.1) is 0 Å². The third-order valence-electron chi connectivity index (χ3n) is 3.24. The summed E-state index contributed by atoms with van der Waals surface area (Å²) in [7, 11) is 0. The van der Waals surface area contributed by atoms with Gasteiger partial charge in [0.1, 0.15) is 5.54 Å². The van der Waals surface area contributed by atoms with Gasteiger partial charge >= 0.3 is 0 Å². The van der Waals surface area contributed by atoms with Crippen LogP contribution in [0.4, 0.5) is 5.69 Å². The number of rotatable bonds is 2. The molecule has 2 amide bonds. The van der Waals surface area contributed by atoms with Crippen molar-refractivity contribution in [3.63, 3.8) is 0 Å². The number of nitrogens with one attached hydrogen (secondary N) is 1. The first-order chi connectivity index (χ1) is 8.46. The maximum Gasteiger partial charge on any atom is 0.251 e. The molecule has 0 bridgehead atoms. The highest BCUT2D eigenvalue weighted by Gasteiger charge is 2.41. The highest BCUT2D eigenvalue weighted by Crippen LogP contribution is 2.29. The van der Waals surface area contributed by atoms with Crippen molar-refractivity contribution in [3.05, 3.63) is 29.8 Å². The van der Waals surface area contributed by atoms with Gasteiger partial charge < -0.3 is 10.0 Å². The highest BCUT2D eigenvalue weighted by molar-refractivity contribution is 6.06. The van der Waals surface area contributed by atoms with E-state index in [1.165, 1.54) is 0 Å². The van der Waals surface area contributed by atoms with E-state index in [1.807, 2.05) is 12.1 Å². The number of hydrogen-bond donors (Lipinski definition) is 2. The van der Waals surface area contributed by atoms with Crippen LogP contribution < -0.4 is 10.2 Å². The van der Waals surface area contributed by atoms with E-state index in [2.05, 4.69) is 5.32 Å². The molecular weight excluding hydrogens is 232 g/mol. The van der Waals surface area contributed by atoms with Gasteiger partial charge in [0.2, 0.25) is 5.91 Å². The van der Waals surface area contributed by atoms with E-state index in [1.54, 1.807) is 30.9 Å². The Morgan fingerprint density at radius 3 is 2.67 bits per heavy atom. The second-order valence-electron chi connectivity index (χ2n) is 4.81. The molecule has 1 aliphatic heterocycles. The Kier molecular flexibility index (Phi) is 3.09. The maximum absolute atomic E-state index is 11.9. The normalized spacial score (nSPS) is 18.7. The summed E-state index contributed by atoms with van der Waals surface area (Å²) >= 11 is 0. The van der Waals surface area contributed by atoms with E-state index in [0.717, 1.165) is 0 Å². The van der Waals surface area contributed by atoms with Gasteiger partial charge in [-0.1, -0.05) is 18.2 Å². The maximum atomic E-state index is 11.9. The van der Waals surface area contributed by atoms with Crippen molar-refractivity contribution in [2.75, 3.05) is 11.4 Å². The number of carbonyl (C=O) groups is 2. The minimum atomic E-state index is -0.820. The van der Waals surface area contributed by atoms with E-state index >= 15 is 0 Å². The molecule has 0 saturated carbocycles. The predicted octanol–water partition coefficient (Wildman–Crippen LogP) is 0.420. The number of benzene rings is 1. The lowest BCUT2D eigenvalue weighted by Gasteiger charge is -2.42. The Morgan fingerprint density at radius 2 is 2.00 bits per heavy atom. The van der Waals surface area contributed by atoms with Crippen LogP contribution in [0.25, 0.3) is 0 Å². The van der Waals surface area contributed by atoms with Gasteiger partial charge in [-0.25, -0.2) is 0 Å². The molecule has 1 saturated heterocycles. The van der Waals surface area contributed by atoms with Crippen molar-refractivity contribution < 1.29 is 14.7 Å². The molecular formula is C13H16N2O3. The van der Waals surface area contributed by atoms with Crippen LogP contribution in [0.5, 0.6) is 0 Å². The highest BCUT2D eigenvalue weighted by atomic mass is 16.3. The number of anilines is 1. The van der Waals surface area contributed by atoms with Crippen LogP contribution in [0, 0.1) is 0 Å². The molecule has 0 atom stereocenters. The fourth-order valence-electron chi connectivity index (χ4n) is 2.08. The van der Waals surface area contributed by atoms with E-state index in [4.69, 9.17) is 0 Å². The van der Waals surface area contributed by atoms with Crippen LogP contribution >= 0.6 is 0 Å². The minimum Gasteiger partial charge on any atom is -0.392 e. The molecule has 5 nitrogen and oxygen atoms in total. The fraction of sp³-hybridized carbons (Fsp3) is 0.385. The van der Waals surface area contributed by atoms with Crippen molar-refractivity contribution in [2.45, 2.75) is 26.0 Å². The quantitative estimate of drug-likeness (QED) is 0.744. The summed E-state index contributed by atoms with van der Waals surface area (Å²) in [6.45, 7) is 3.49. The van der Waals surface area contributed by atoms with Gasteiger partial charge in [-0.3, -0.25) is 14.9 Å². The Bertz CT molecular complexity index is 497. The van der Waals surface area contributed by atoms with Crippen LogP contribution in [0.1, 0.15) is 19.4 Å². The summed E-state index contributed by atoms with van der Waals surface area (Å²) in [6.07, 6.45) is 0. The lowest BCUT2D eigenvalue weighted by molar-refractivity contribution is -0.135. The number of hydrogen-bond acceptors (Lipinski definition) is 4. The van der Waals surface area contributed by atoms with E-state index in [-0.39, 0.29) is 25.0 Å². The number of aliphatic hydroxyl groups excluding tert-OH is 1. The Labute approximate surface area is 105 Å². The van der Waals surface area contributed by atoms with Crippen molar-refractivity contribution in [1.82, 2.24) is 5.32 Å².